The first-order chi connectivity index (χ1) is 12.5. The van der Waals surface area contributed by atoms with E-state index in [2.05, 4.69) is 25.8 Å². The van der Waals surface area contributed by atoms with Crippen LogP contribution in [0.2, 0.25) is 0 Å². The van der Waals surface area contributed by atoms with Crippen molar-refractivity contribution in [2.45, 2.75) is 13.0 Å². The lowest BCUT2D eigenvalue weighted by molar-refractivity contribution is 0.0933. The average Bonchev–Trinajstić information content (AvgIpc) is 3.30. The molecule has 2 aromatic heterocycles. The molecule has 10 heteroatoms. The van der Waals surface area contributed by atoms with Gasteiger partial charge in [0.1, 0.15) is 10.7 Å². The quantitative estimate of drug-likeness (QED) is 0.702. The highest BCUT2D eigenvalue weighted by molar-refractivity contribution is 7.13. The number of hydrogen-bond donors (Lipinski definition) is 1. The second-order valence-corrected chi connectivity index (χ2v) is 6.32. The van der Waals surface area contributed by atoms with Crippen LogP contribution in [0.15, 0.2) is 23.6 Å². The Morgan fingerprint density at radius 2 is 2.04 bits per heavy atom. The zero-order chi connectivity index (χ0) is 18.7. The molecule has 0 fully saturated rings. The van der Waals surface area contributed by atoms with Crippen molar-refractivity contribution in [3.63, 3.8) is 0 Å². The smallest absolute Gasteiger partial charge is 0.271 e. The molecule has 3 rings (SSSR count). The van der Waals surface area contributed by atoms with Crippen molar-refractivity contribution >= 4 is 17.2 Å². The third-order valence-corrected chi connectivity index (χ3v) is 4.65. The molecule has 0 saturated carbocycles. The molecule has 1 N–H and O–H groups in total. The number of tetrazole rings is 1. The number of rotatable bonds is 6. The van der Waals surface area contributed by atoms with Gasteiger partial charge in [0.15, 0.2) is 17.3 Å². The fraction of sp³-hybridized carbons (Fsp3) is 0.312. The van der Waals surface area contributed by atoms with Gasteiger partial charge in [-0.15, -0.1) is 16.4 Å². The first kappa shape index (κ1) is 17.8. The van der Waals surface area contributed by atoms with E-state index in [0.29, 0.717) is 28.0 Å². The number of nitrogens with zero attached hydrogens (tertiary/aromatic N) is 5. The number of aromatic nitrogens is 5. The third kappa shape index (κ3) is 3.49. The van der Waals surface area contributed by atoms with E-state index in [9.17, 15) is 4.79 Å². The molecule has 0 saturated heterocycles. The van der Waals surface area contributed by atoms with Gasteiger partial charge in [-0.05, 0) is 35.5 Å². The van der Waals surface area contributed by atoms with Gasteiger partial charge in [-0.2, -0.15) is 0 Å². The number of thiazole rings is 1. The molecule has 1 atom stereocenters. The highest BCUT2D eigenvalue weighted by Gasteiger charge is 2.19. The van der Waals surface area contributed by atoms with E-state index in [4.69, 9.17) is 9.47 Å². The Hall–Kier alpha value is -3.01. The number of aryl methyl sites for hydroxylation is 1. The molecule has 3 aromatic rings. The summed E-state index contributed by atoms with van der Waals surface area (Å²) in [5.41, 5.74) is 1.18. The maximum absolute atomic E-state index is 12.4. The van der Waals surface area contributed by atoms with Crippen LogP contribution in [0.5, 0.6) is 11.5 Å². The minimum atomic E-state index is -0.339. The molecule has 0 aliphatic heterocycles. The van der Waals surface area contributed by atoms with E-state index in [1.165, 1.54) is 16.0 Å². The molecule has 2 heterocycles. The molecule has 1 aromatic carbocycles. The van der Waals surface area contributed by atoms with Gasteiger partial charge in [0, 0.05) is 18.0 Å². The van der Waals surface area contributed by atoms with Crippen molar-refractivity contribution in [3.05, 3.63) is 35.1 Å². The Kier molecular flexibility index (Phi) is 5.12. The van der Waals surface area contributed by atoms with Crippen LogP contribution in [0.1, 0.15) is 29.3 Å². The Bertz CT molecular complexity index is 922. The van der Waals surface area contributed by atoms with Crippen LogP contribution in [-0.2, 0) is 7.05 Å². The fourth-order valence-electron chi connectivity index (χ4n) is 2.42. The molecule has 0 radical (unpaired) electrons. The number of carbonyl (C=O) groups excluding carboxylic acids is 1. The molecule has 0 unspecified atom stereocenters. The summed E-state index contributed by atoms with van der Waals surface area (Å²) in [5.74, 6) is 1.52. The lowest BCUT2D eigenvalue weighted by Crippen LogP contribution is -2.28. The highest BCUT2D eigenvalue weighted by Crippen LogP contribution is 2.33. The van der Waals surface area contributed by atoms with Gasteiger partial charge in [0.05, 0.1) is 20.3 Å². The number of hydrogen-bond acceptors (Lipinski definition) is 8. The molecule has 9 nitrogen and oxygen atoms in total. The van der Waals surface area contributed by atoms with Crippen molar-refractivity contribution < 1.29 is 14.3 Å². The predicted molar refractivity (Wildman–Crippen MR) is 95.3 cm³/mol. The van der Waals surface area contributed by atoms with E-state index < -0.39 is 0 Å². The number of methoxy groups -OCH3 is 2. The third-order valence-electron chi connectivity index (χ3n) is 3.76. The van der Waals surface area contributed by atoms with Gasteiger partial charge in [-0.3, -0.25) is 4.79 Å². The summed E-state index contributed by atoms with van der Waals surface area (Å²) in [6.07, 6.45) is 0. The van der Waals surface area contributed by atoms with Gasteiger partial charge in [0.25, 0.3) is 5.91 Å². The standard InChI is InChI=1S/C16H18N6O3S/c1-9(14-19-20-21-22(14)2)17-15(23)11-8-26-16(18-11)10-5-6-12(24-3)13(7-10)25-4/h5-9H,1-4H3,(H,17,23)/t9-/m1/s1. The van der Waals surface area contributed by atoms with E-state index in [0.717, 1.165) is 5.56 Å². The topological polar surface area (TPSA) is 104 Å². The molecule has 0 aliphatic rings. The molecule has 0 spiro atoms. The number of carbonyl (C=O) groups is 1. The minimum absolute atomic E-state index is 0.288. The molecule has 136 valence electrons. The van der Waals surface area contributed by atoms with E-state index in [-0.39, 0.29) is 11.9 Å². The van der Waals surface area contributed by atoms with Crippen molar-refractivity contribution in [2.24, 2.45) is 7.05 Å². The molecule has 26 heavy (non-hydrogen) atoms. The van der Waals surface area contributed by atoms with Crippen LogP contribution in [0.4, 0.5) is 0 Å². The van der Waals surface area contributed by atoms with Crippen LogP contribution in [0.25, 0.3) is 10.6 Å². The largest absolute Gasteiger partial charge is 0.493 e. The summed E-state index contributed by atoms with van der Waals surface area (Å²) in [4.78, 5) is 16.9. The second kappa shape index (κ2) is 7.48. The van der Waals surface area contributed by atoms with Crippen molar-refractivity contribution in [1.82, 2.24) is 30.5 Å². The summed E-state index contributed by atoms with van der Waals surface area (Å²) in [7, 11) is 4.87. The number of ether oxygens (including phenoxy) is 2. The molecule has 0 bridgehead atoms. The first-order valence-electron chi connectivity index (χ1n) is 7.74. The molecule has 0 aliphatic carbocycles. The van der Waals surface area contributed by atoms with Crippen LogP contribution in [0, 0.1) is 0 Å². The SMILES string of the molecule is COc1ccc(-c2nc(C(=O)N[C@H](C)c3nnnn3C)cs2)cc1OC. The van der Waals surface area contributed by atoms with Crippen LogP contribution < -0.4 is 14.8 Å². The maximum Gasteiger partial charge on any atom is 0.271 e. The van der Waals surface area contributed by atoms with E-state index in [1.807, 2.05) is 19.1 Å². The summed E-state index contributed by atoms with van der Waals surface area (Å²) < 4.78 is 12.1. The molecule has 1 amide bonds. The van der Waals surface area contributed by atoms with E-state index in [1.54, 1.807) is 32.7 Å². The summed E-state index contributed by atoms with van der Waals surface area (Å²) in [6.45, 7) is 1.81. The average molecular weight is 374 g/mol. The number of amides is 1. The van der Waals surface area contributed by atoms with Gasteiger partial charge in [-0.1, -0.05) is 0 Å². The highest BCUT2D eigenvalue weighted by atomic mass is 32.1. The second-order valence-electron chi connectivity index (χ2n) is 5.46. The zero-order valence-corrected chi connectivity index (χ0v) is 15.6. The normalized spacial score (nSPS) is 11.8. The lowest BCUT2D eigenvalue weighted by atomic mass is 10.2. The molecular formula is C16H18N6O3S. The Balaban J connectivity index is 1.77. The molecular weight excluding hydrogens is 356 g/mol. The zero-order valence-electron chi connectivity index (χ0n) is 14.8. The van der Waals surface area contributed by atoms with Crippen LogP contribution >= 0.6 is 11.3 Å². The summed E-state index contributed by atoms with van der Waals surface area (Å²) in [5, 5.41) is 16.5. The number of nitrogens with one attached hydrogen (secondary N) is 1. The van der Waals surface area contributed by atoms with Gasteiger partial charge < -0.3 is 14.8 Å². The Labute approximate surface area is 154 Å². The predicted octanol–water partition coefficient (Wildman–Crippen LogP) is 1.84. The van der Waals surface area contributed by atoms with Crippen molar-refractivity contribution in [3.8, 4) is 22.1 Å². The van der Waals surface area contributed by atoms with Crippen LogP contribution in [0.3, 0.4) is 0 Å². The summed E-state index contributed by atoms with van der Waals surface area (Å²) in [6, 6.07) is 5.16. The van der Waals surface area contributed by atoms with Gasteiger partial charge in [0.2, 0.25) is 0 Å². The van der Waals surface area contributed by atoms with Gasteiger partial charge in [-0.25, -0.2) is 9.67 Å². The fourth-order valence-corrected chi connectivity index (χ4v) is 3.22. The maximum atomic E-state index is 12.4. The summed E-state index contributed by atoms with van der Waals surface area (Å²) >= 11 is 1.38. The van der Waals surface area contributed by atoms with Crippen LogP contribution in [-0.4, -0.2) is 45.3 Å². The van der Waals surface area contributed by atoms with Crippen molar-refractivity contribution in [1.29, 1.82) is 0 Å². The Morgan fingerprint density at radius 3 is 2.69 bits per heavy atom. The number of benzene rings is 1. The van der Waals surface area contributed by atoms with Crippen molar-refractivity contribution in [2.75, 3.05) is 14.2 Å². The minimum Gasteiger partial charge on any atom is -0.493 e. The Morgan fingerprint density at radius 1 is 1.27 bits per heavy atom. The van der Waals surface area contributed by atoms with Gasteiger partial charge >= 0.3 is 0 Å². The monoisotopic (exact) mass is 374 g/mol. The van der Waals surface area contributed by atoms with E-state index >= 15 is 0 Å². The first-order valence-corrected chi connectivity index (χ1v) is 8.62. The lowest BCUT2D eigenvalue weighted by Gasteiger charge is -2.10.